The van der Waals surface area contributed by atoms with E-state index in [9.17, 15) is 8.78 Å². The zero-order valence-electron chi connectivity index (χ0n) is 8.15. The Balaban J connectivity index is 3.81. The molecule has 1 unspecified atom stereocenters. The van der Waals surface area contributed by atoms with Crippen LogP contribution in [0.3, 0.4) is 0 Å². The van der Waals surface area contributed by atoms with Crippen molar-refractivity contribution in [3.8, 4) is 0 Å². The maximum absolute atomic E-state index is 11.9. The van der Waals surface area contributed by atoms with Crippen LogP contribution in [0.25, 0.3) is 0 Å². The van der Waals surface area contributed by atoms with E-state index in [1.807, 2.05) is 6.92 Å². The average molecular weight is 196 g/mol. The Hall–Kier alpha value is -0.260. The summed E-state index contributed by atoms with van der Waals surface area (Å²) in [5, 5.41) is 2.73. The minimum absolute atomic E-state index is 0.322. The molecule has 0 radical (unpaired) electrons. The van der Waals surface area contributed by atoms with E-state index < -0.39 is 12.0 Å². The van der Waals surface area contributed by atoms with Gasteiger partial charge in [-0.15, -0.1) is 0 Å². The minimum atomic E-state index is -2.34. The van der Waals surface area contributed by atoms with Crippen LogP contribution >= 0.6 is 0 Å². The number of hydrogen-bond acceptors (Lipinski definition) is 3. The summed E-state index contributed by atoms with van der Waals surface area (Å²) in [4.78, 5) is 0. The van der Waals surface area contributed by atoms with E-state index in [0.717, 1.165) is 0 Å². The largest absolute Gasteiger partial charge is 0.385 e. The molecule has 0 saturated heterocycles. The molecule has 0 fully saturated rings. The third-order valence-corrected chi connectivity index (χ3v) is 1.99. The summed E-state index contributed by atoms with van der Waals surface area (Å²) in [6, 6.07) is 0. The Morgan fingerprint density at radius 3 is 2.54 bits per heavy atom. The third-order valence-electron chi connectivity index (χ3n) is 1.99. The molecule has 0 bridgehead atoms. The number of ether oxygens (including phenoxy) is 1. The first-order chi connectivity index (χ1) is 6.04. The Morgan fingerprint density at radius 1 is 1.54 bits per heavy atom. The lowest BCUT2D eigenvalue weighted by atomic mass is 9.98. The molecule has 0 aromatic carbocycles. The number of halogens is 2. The van der Waals surface area contributed by atoms with Crippen molar-refractivity contribution in [1.29, 1.82) is 0 Å². The standard InChI is InChI=1S/C8H18F2N2O/c1-8(6-11,3-4-13-2)12-5-7(9)10/h7,12H,3-6,11H2,1-2H3. The Labute approximate surface area is 77.6 Å². The number of nitrogens with one attached hydrogen (secondary N) is 1. The maximum Gasteiger partial charge on any atom is 0.250 e. The highest BCUT2D eigenvalue weighted by molar-refractivity contribution is 4.84. The van der Waals surface area contributed by atoms with Gasteiger partial charge in [-0.25, -0.2) is 8.78 Å². The monoisotopic (exact) mass is 196 g/mol. The predicted octanol–water partition coefficient (Wildman–Crippen LogP) is 0.595. The normalized spacial score (nSPS) is 16.2. The summed E-state index contributed by atoms with van der Waals surface area (Å²) < 4.78 is 28.6. The third kappa shape index (κ3) is 5.90. The van der Waals surface area contributed by atoms with Gasteiger partial charge < -0.3 is 15.8 Å². The van der Waals surface area contributed by atoms with Gasteiger partial charge in [0.05, 0.1) is 6.54 Å². The fraction of sp³-hybridized carbons (Fsp3) is 1.00. The molecule has 13 heavy (non-hydrogen) atoms. The van der Waals surface area contributed by atoms with Crippen molar-refractivity contribution < 1.29 is 13.5 Å². The average Bonchev–Trinajstić information content (AvgIpc) is 2.11. The lowest BCUT2D eigenvalue weighted by molar-refractivity contribution is 0.117. The van der Waals surface area contributed by atoms with Gasteiger partial charge in [0.1, 0.15) is 0 Å². The van der Waals surface area contributed by atoms with E-state index in [4.69, 9.17) is 10.5 Å². The lowest BCUT2D eigenvalue weighted by Gasteiger charge is -2.29. The molecule has 0 spiro atoms. The quantitative estimate of drug-likeness (QED) is 0.626. The summed E-state index contributed by atoms with van der Waals surface area (Å²) in [7, 11) is 1.57. The van der Waals surface area contributed by atoms with Crippen molar-refractivity contribution in [2.75, 3.05) is 26.8 Å². The Bertz CT molecular complexity index is 135. The van der Waals surface area contributed by atoms with Crippen molar-refractivity contribution in [3.63, 3.8) is 0 Å². The van der Waals surface area contributed by atoms with E-state index in [0.29, 0.717) is 19.6 Å². The van der Waals surface area contributed by atoms with Gasteiger partial charge >= 0.3 is 0 Å². The van der Waals surface area contributed by atoms with Gasteiger partial charge in [0.2, 0.25) is 0 Å². The van der Waals surface area contributed by atoms with Crippen molar-refractivity contribution in [1.82, 2.24) is 5.32 Å². The van der Waals surface area contributed by atoms with Crippen LogP contribution in [0.2, 0.25) is 0 Å². The van der Waals surface area contributed by atoms with Crippen LogP contribution in [0.5, 0.6) is 0 Å². The van der Waals surface area contributed by atoms with Crippen LogP contribution in [0.15, 0.2) is 0 Å². The van der Waals surface area contributed by atoms with Gasteiger partial charge in [-0.05, 0) is 13.3 Å². The second-order valence-electron chi connectivity index (χ2n) is 3.28. The molecule has 3 nitrogen and oxygen atoms in total. The van der Waals surface area contributed by atoms with E-state index in [2.05, 4.69) is 5.32 Å². The second-order valence-corrected chi connectivity index (χ2v) is 3.28. The second kappa shape index (κ2) is 6.23. The van der Waals surface area contributed by atoms with Crippen molar-refractivity contribution in [3.05, 3.63) is 0 Å². The minimum Gasteiger partial charge on any atom is -0.385 e. The molecule has 0 aliphatic carbocycles. The Morgan fingerprint density at radius 2 is 2.15 bits per heavy atom. The number of rotatable bonds is 7. The number of alkyl halides is 2. The van der Waals surface area contributed by atoms with Crippen molar-refractivity contribution in [2.24, 2.45) is 5.73 Å². The topological polar surface area (TPSA) is 47.3 Å². The van der Waals surface area contributed by atoms with E-state index in [1.54, 1.807) is 7.11 Å². The molecule has 80 valence electrons. The first-order valence-electron chi connectivity index (χ1n) is 4.26. The molecule has 3 N–H and O–H groups in total. The Kier molecular flexibility index (Phi) is 6.11. The van der Waals surface area contributed by atoms with Crippen LogP contribution in [-0.2, 0) is 4.74 Å². The molecule has 0 aliphatic rings. The van der Waals surface area contributed by atoms with Crippen LogP contribution in [0.1, 0.15) is 13.3 Å². The van der Waals surface area contributed by atoms with E-state index >= 15 is 0 Å². The molecule has 0 saturated carbocycles. The van der Waals surface area contributed by atoms with Gasteiger partial charge in [-0.3, -0.25) is 0 Å². The van der Waals surface area contributed by atoms with Crippen LogP contribution in [0, 0.1) is 0 Å². The molecule has 0 amide bonds. The van der Waals surface area contributed by atoms with Gasteiger partial charge in [-0.1, -0.05) is 0 Å². The van der Waals surface area contributed by atoms with Crippen molar-refractivity contribution in [2.45, 2.75) is 25.3 Å². The van der Waals surface area contributed by atoms with Crippen LogP contribution in [-0.4, -0.2) is 38.8 Å². The van der Waals surface area contributed by atoms with Crippen molar-refractivity contribution >= 4 is 0 Å². The molecule has 1 atom stereocenters. The zero-order valence-corrected chi connectivity index (χ0v) is 8.15. The molecule has 0 heterocycles. The molecule has 0 aromatic rings. The number of hydrogen-bond donors (Lipinski definition) is 2. The summed E-state index contributed by atoms with van der Waals surface area (Å²) >= 11 is 0. The first kappa shape index (κ1) is 12.7. The molecule has 5 heteroatoms. The van der Waals surface area contributed by atoms with Crippen LogP contribution in [0.4, 0.5) is 8.78 Å². The zero-order chi connectivity index (χ0) is 10.3. The van der Waals surface area contributed by atoms with Gasteiger partial charge in [0, 0.05) is 25.8 Å². The highest BCUT2D eigenvalue weighted by Gasteiger charge is 2.22. The smallest absolute Gasteiger partial charge is 0.250 e. The molecule has 0 aliphatic heterocycles. The van der Waals surface area contributed by atoms with Crippen LogP contribution < -0.4 is 11.1 Å². The number of nitrogens with two attached hydrogens (primary N) is 1. The molecular weight excluding hydrogens is 178 g/mol. The molecule has 0 rings (SSSR count). The summed E-state index contributed by atoms with van der Waals surface area (Å²) in [6.45, 7) is 2.33. The summed E-state index contributed by atoms with van der Waals surface area (Å²) in [5.74, 6) is 0. The predicted molar refractivity (Wildman–Crippen MR) is 48.0 cm³/mol. The highest BCUT2D eigenvalue weighted by atomic mass is 19.3. The molecular formula is C8H18F2N2O. The summed E-state index contributed by atoms with van der Waals surface area (Å²) in [5.41, 5.74) is 5.02. The maximum atomic E-state index is 11.9. The summed E-state index contributed by atoms with van der Waals surface area (Å²) in [6.07, 6.45) is -1.71. The first-order valence-corrected chi connectivity index (χ1v) is 4.26. The van der Waals surface area contributed by atoms with E-state index in [1.165, 1.54) is 0 Å². The van der Waals surface area contributed by atoms with Gasteiger partial charge in [0.15, 0.2) is 0 Å². The molecule has 0 aromatic heterocycles. The van der Waals surface area contributed by atoms with E-state index in [-0.39, 0.29) is 6.54 Å². The highest BCUT2D eigenvalue weighted by Crippen LogP contribution is 2.08. The number of methoxy groups -OCH3 is 1. The lowest BCUT2D eigenvalue weighted by Crippen LogP contribution is -2.50. The SMILES string of the molecule is COCCC(C)(CN)NCC(F)F. The van der Waals surface area contributed by atoms with Gasteiger partial charge in [0.25, 0.3) is 6.43 Å². The fourth-order valence-electron chi connectivity index (χ4n) is 0.913. The van der Waals surface area contributed by atoms with Gasteiger partial charge in [-0.2, -0.15) is 0 Å². The fourth-order valence-corrected chi connectivity index (χ4v) is 0.913.